The summed E-state index contributed by atoms with van der Waals surface area (Å²) < 4.78 is 1.65. The fraction of sp³-hybridized carbons (Fsp3) is 0.333. The first-order chi connectivity index (χ1) is 10.5. The molecule has 0 aliphatic carbocycles. The highest BCUT2D eigenvalue weighted by molar-refractivity contribution is 6.42. The minimum atomic E-state index is -0.580. The predicted molar refractivity (Wildman–Crippen MR) is 86.2 cm³/mol. The second-order valence-electron chi connectivity index (χ2n) is 5.08. The van der Waals surface area contributed by atoms with Crippen LogP contribution in [0.2, 0.25) is 10.0 Å². The van der Waals surface area contributed by atoms with Crippen molar-refractivity contribution in [2.75, 3.05) is 0 Å². The minimum absolute atomic E-state index is 0.193. The molecule has 2 rings (SSSR count). The molecule has 1 heterocycles. The Bertz CT molecular complexity index is 658. The highest BCUT2D eigenvalue weighted by atomic mass is 35.5. The third-order valence-corrected chi connectivity index (χ3v) is 4.18. The van der Waals surface area contributed by atoms with E-state index in [0.29, 0.717) is 23.0 Å². The summed E-state index contributed by atoms with van der Waals surface area (Å²) in [6.45, 7) is 0.365. The number of carbonyl (C=O) groups excluding carboxylic acids is 1. The number of aliphatic hydroxyl groups excluding tert-OH is 1. The van der Waals surface area contributed by atoms with Gasteiger partial charge >= 0.3 is 0 Å². The van der Waals surface area contributed by atoms with Crippen LogP contribution in [-0.2, 0) is 13.0 Å². The van der Waals surface area contributed by atoms with Gasteiger partial charge in [-0.1, -0.05) is 35.3 Å². The van der Waals surface area contributed by atoms with E-state index < -0.39 is 12.0 Å². The molecule has 1 unspecified atom stereocenters. The van der Waals surface area contributed by atoms with E-state index in [2.05, 4.69) is 4.98 Å². The number of nitrogens with two attached hydrogens (primary N) is 1. The Hall–Kier alpha value is -1.56. The Morgan fingerprint density at radius 3 is 2.86 bits per heavy atom. The summed E-state index contributed by atoms with van der Waals surface area (Å²) in [6, 6.07) is 5.53. The van der Waals surface area contributed by atoms with E-state index in [4.69, 9.17) is 28.9 Å². The van der Waals surface area contributed by atoms with E-state index in [1.54, 1.807) is 10.6 Å². The Balaban J connectivity index is 1.81. The SMILES string of the molecule is NC(=O)c1cn(CC(O)CCCc2cccc(Cl)c2Cl)cn1. The Kier molecular flexibility index (Phi) is 5.83. The average Bonchev–Trinajstić information content (AvgIpc) is 2.92. The molecule has 0 radical (unpaired) electrons. The molecule has 1 amide bonds. The van der Waals surface area contributed by atoms with E-state index in [1.165, 1.54) is 12.5 Å². The molecule has 0 saturated carbocycles. The van der Waals surface area contributed by atoms with Gasteiger partial charge in [-0.15, -0.1) is 0 Å². The van der Waals surface area contributed by atoms with E-state index in [-0.39, 0.29) is 5.69 Å². The molecule has 1 atom stereocenters. The molecule has 5 nitrogen and oxygen atoms in total. The molecule has 118 valence electrons. The fourth-order valence-corrected chi connectivity index (χ4v) is 2.61. The number of rotatable bonds is 7. The van der Waals surface area contributed by atoms with Crippen molar-refractivity contribution in [2.24, 2.45) is 5.73 Å². The number of halogens is 2. The number of hydrogen-bond donors (Lipinski definition) is 2. The van der Waals surface area contributed by atoms with Crippen LogP contribution in [0.25, 0.3) is 0 Å². The van der Waals surface area contributed by atoms with Crippen LogP contribution < -0.4 is 5.73 Å². The average molecular weight is 342 g/mol. The van der Waals surface area contributed by atoms with Crippen LogP contribution in [0, 0.1) is 0 Å². The largest absolute Gasteiger partial charge is 0.391 e. The number of aryl methyl sites for hydroxylation is 1. The molecule has 3 N–H and O–H groups in total. The maximum atomic E-state index is 10.9. The zero-order valence-electron chi connectivity index (χ0n) is 11.9. The molecular formula is C15H17Cl2N3O2. The van der Waals surface area contributed by atoms with Crippen LogP contribution in [-0.4, -0.2) is 26.7 Å². The van der Waals surface area contributed by atoms with Gasteiger partial charge in [0.15, 0.2) is 0 Å². The summed E-state index contributed by atoms with van der Waals surface area (Å²) in [5.74, 6) is -0.580. The molecule has 7 heteroatoms. The van der Waals surface area contributed by atoms with Gasteiger partial charge < -0.3 is 15.4 Å². The number of benzene rings is 1. The van der Waals surface area contributed by atoms with Crippen molar-refractivity contribution in [1.29, 1.82) is 0 Å². The van der Waals surface area contributed by atoms with Crippen LogP contribution in [0.3, 0.4) is 0 Å². The van der Waals surface area contributed by atoms with Gasteiger partial charge in [0.2, 0.25) is 0 Å². The van der Waals surface area contributed by atoms with Gasteiger partial charge in [-0.3, -0.25) is 4.79 Å². The van der Waals surface area contributed by atoms with Crippen molar-refractivity contribution >= 4 is 29.1 Å². The monoisotopic (exact) mass is 341 g/mol. The van der Waals surface area contributed by atoms with Gasteiger partial charge in [-0.25, -0.2) is 4.98 Å². The smallest absolute Gasteiger partial charge is 0.268 e. The quantitative estimate of drug-likeness (QED) is 0.812. The standard InChI is InChI=1S/C15H17Cl2N3O2/c16-12-6-2-4-10(14(12)17)3-1-5-11(21)7-20-8-13(15(18)22)19-9-20/h2,4,6,8-9,11,21H,1,3,5,7H2,(H2,18,22). The second kappa shape index (κ2) is 7.63. The molecule has 0 saturated heterocycles. The second-order valence-corrected chi connectivity index (χ2v) is 5.86. The van der Waals surface area contributed by atoms with Crippen molar-refractivity contribution in [3.8, 4) is 0 Å². The Morgan fingerprint density at radius 2 is 2.18 bits per heavy atom. The summed E-state index contributed by atoms with van der Waals surface area (Å²) in [5.41, 5.74) is 6.29. The first-order valence-corrected chi connectivity index (χ1v) is 7.65. The van der Waals surface area contributed by atoms with E-state index in [1.807, 2.05) is 12.1 Å². The lowest BCUT2D eigenvalue weighted by molar-refractivity contribution is 0.0995. The maximum absolute atomic E-state index is 10.9. The van der Waals surface area contributed by atoms with Crippen LogP contribution in [0.5, 0.6) is 0 Å². The van der Waals surface area contributed by atoms with Crippen LogP contribution in [0.15, 0.2) is 30.7 Å². The number of nitrogens with zero attached hydrogens (tertiary/aromatic N) is 2. The van der Waals surface area contributed by atoms with Gasteiger partial charge in [0, 0.05) is 12.7 Å². The summed E-state index contributed by atoms with van der Waals surface area (Å²) in [4.78, 5) is 14.8. The Labute approximate surface area is 138 Å². The minimum Gasteiger partial charge on any atom is -0.391 e. The lowest BCUT2D eigenvalue weighted by Crippen LogP contribution is -2.15. The molecule has 0 aliphatic heterocycles. The Morgan fingerprint density at radius 1 is 1.41 bits per heavy atom. The molecule has 22 heavy (non-hydrogen) atoms. The number of imidazole rings is 1. The molecule has 1 aromatic carbocycles. The van der Waals surface area contributed by atoms with Gasteiger partial charge in [0.05, 0.1) is 22.5 Å². The maximum Gasteiger partial charge on any atom is 0.268 e. The number of aliphatic hydroxyl groups is 1. The zero-order valence-corrected chi connectivity index (χ0v) is 13.4. The highest BCUT2D eigenvalue weighted by Crippen LogP contribution is 2.26. The number of hydrogen-bond acceptors (Lipinski definition) is 3. The van der Waals surface area contributed by atoms with Crippen LogP contribution in [0.4, 0.5) is 0 Å². The molecule has 0 aliphatic rings. The van der Waals surface area contributed by atoms with Gasteiger partial charge in [-0.2, -0.15) is 0 Å². The summed E-state index contributed by atoms with van der Waals surface area (Å²) in [7, 11) is 0. The molecule has 2 aromatic rings. The lowest BCUT2D eigenvalue weighted by Gasteiger charge is -2.11. The van der Waals surface area contributed by atoms with Gasteiger partial charge in [0.1, 0.15) is 5.69 Å². The number of aromatic nitrogens is 2. The fourth-order valence-electron chi connectivity index (χ4n) is 2.19. The van der Waals surface area contributed by atoms with Gasteiger partial charge in [-0.05, 0) is 30.9 Å². The molecular weight excluding hydrogens is 325 g/mol. The van der Waals surface area contributed by atoms with Crippen molar-refractivity contribution < 1.29 is 9.90 Å². The number of amides is 1. The topological polar surface area (TPSA) is 81.1 Å². The molecule has 0 fully saturated rings. The predicted octanol–water partition coefficient (Wildman–Crippen LogP) is 2.67. The first kappa shape index (κ1) is 16.8. The third kappa shape index (κ3) is 4.47. The van der Waals surface area contributed by atoms with E-state index in [0.717, 1.165) is 18.4 Å². The van der Waals surface area contributed by atoms with E-state index in [9.17, 15) is 9.90 Å². The zero-order chi connectivity index (χ0) is 16.1. The number of primary amides is 1. The summed E-state index contributed by atoms with van der Waals surface area (Å²) in [6.07, 6.45) is 4.60. The van der Waals surface area contributed by atoms with Crippen molar-refractivity contribution in [3.63, 3.8) is 0 Å². The highest BCUT2D eigenvalue weighted by Gasteiger charge is 2.10. The normalized spacial score (nSPS) is 12.3. The first-order valence-electron chi connectivity index (χ1n) is 6.90. The van der Waals surface area contributed by atoms with Crippen molar-refractivity contribution in [2.45, 2.75) is 31.9 Å². The number of carbonyl (C=O) groups is 1. The van der Waals surface area contributed by atoms with E-state index >= 15 is 0 Å². The molecule has 0 spiro atoms. The van der Waals surface area contributed by atoms with Crippen LogP contribution in [0.1, 0.15) is 28.9 Å². The van der Waals surface area contributed by atoms with Crippen molar-refractivity contribution in [1.82, 2.24) is 9.55 Å². The third-order valence-electron chi connectivity index (χ3n) is 3.32. The molecule has 0 bridgehead atoms. The van der Waals surface area contributed by atoms with Gasteiger partial charge in [0.25, 0.3) is 5.91 Å². The van der Waals surface area contributed by atoms with Crippen molar-refractivity contribution in [3.05, 3.63) is 52.0 Å². The molecule has 1 aromatic heterocycles. The van der Waals surface area contributed by atoms with Crippen LogP contribution >= 0.6 is 23.2 Å². The summed E-state index contributed by atoms with van der Waals surface area (Å²) >= 11 is 12.1. The summed E-state index contributed by atoms with van der Waals surface area (Å²) in [5, 5.41) is 11.1. The lowest BCUT2D eigenvalue weighted by atomic mass is 10.1.